The standard InChI is InChI=1S/C33H41ClN4OS/c1-40-31-10-6-5-9-28(31)24-37-19-21-38(22-20-37)33(39)32(35)26-13-16-36(17-14-26)18-15-27-23-29(34)11-12-30(27)25-7-3-2-4-8-25/h2-12,23,26,32H,13-22,24,35H2,1H3. The molecule has 2 aliphatic rings. The molecule has 3 aromatic rings. The first-order chi connectivity index (χ1) is 19.5. The van der Waals surface area contributed by atoms with Crippen molar-refractivity contribution in [3.8, 4) is 11.1 Å². The molecule has 2 fully saturated rings. The second-order valence-electron chi connectivity index (χ2n) is 11.0. The summed E-state index contributed by atoms with van der Waals surface area (Å²) in [5, 5.41) is 0.781. The molecule has 0 spiro atoms. The number of carbonyl (C=O) groups excluding carboxylic acids is 1. The van der Waals surface area contributed by atoms with Crippen LogP contribution in [0, 0.1) is 5.92 Å². The van der Waals surface area contributed by atoms with E-state index in [1.165, 1.54) is 27.1 Å². The van der Waals surface area contributed by atoms with Crippen molar-refractivity contribution in [3.63, 3.8) is 0 Å². The molecule has 2 N–H and O–H groups in total. The lowest BCUT2D eigenvalue weighted by atomic mass is 9.88. The maximum atomic E-state index is 13.3. The summed E-state index contributed by atoms with van der Waals surface area (Å²) < 4.78 is 0. The van der Waals surface area contributed by atoms with Gasteiger partial charge in [0.25, 0.3) is 0 Å². The van der Waals surface area contributed by atoms with E-state index in [1.54, 1.807) is 11.8 Å². The molecule has 5 rings (SSSR count). The van der Waals surface area contributed by atoms with Gasteiger partial charge in [0.15, 0.2) is 0 Å². The molecule has 0 bridgehead atoms. The van der Waals surface area contributed by atoms with E-state index < -0.39 is 6.04 Å². The first kappa shape index (κ1) is 29.2. The number of piperidine rings is 1. The molecule has 7 heteroatoms. The minimum Gasteiger partial charge on any atom is -0.339 e. The third-order valence-corrected chi connectivity index (χ3v) is 9.62. The van der Waals surface area contributed by atoms with E-state index in [0.29, 0.717) is 0 Å². The molecule has 3 aromatic carbocycles. The summed E-state index contributed by atoms with van der Waals surface area (Å²) >= 11 is 8.16. The van der Waals surface area contributed by atoms with Gasteiger partial charge in [-0.25, -0.2) is 0 Å². The van der Waals surface area contributed by atoms with Crippen LogP contribution in [0.15, 0.2) is 77.7 Å². The zero-order valence-corrected chi connectivity index (χ0v) is 25.0. The van der Waals surface area contributed by atoms with E-state index in [2.05, 4.69) is 76.7 Å². The summed E-state index contributed by atoms with van der Waals surface area (Å²) in [5.41, 5.74) is 11.7. The fourth-order valence-corrected chi connectivity index (χ4v) is 6.90. The Morgan fingerprint density at radius 1 is 0.900 bits per heavy atom. The van der Waals surface area contributed by atoms with Gasteiger partial charge in [-0.05, 0) is 85.0 Å². The number of hydrogen-bond acceptors (Lipinski definition) is 5. The number of nitrogens with two attached hydrogens (primary N) is 1. The van der Waals surface area contributed by atoms with Gasteiger partial charge in [0.1, 0.15) is 0 Å². The first-order valence-corrected chi connectivity index (χ1v) is 16.1. The minimum absolute atomic E-state index is 0.133. The normalized spacial score (nSPS) is 18.1. The molecule has 2 saturated heterocycles. The molecule has 2 heterocycles. The number of carbonyl (C=O) groups is 1. The Morgan fingerprint density at radius 3 is 2.33 bits per heavy atom. The van der Waals surface area contributed by atoms with Gasteiger partial charge in [-0.3, -0.25) is 9.69 Å². The zero-order valence-electron chi connectivity index (χ0n) is 23.5. The fourth-order valence-electron chi connectivity index (χ4n) is 6.10. The maximum Gasteiger partial charge on any atom is 0.239 e. The summed E-state index contributed by atoms with van der Waals surface area (Å²) in [4.78, 5) is 21.6. The lowest BCUT2D eigenvalue weighted by molar-refractivity contribution is -0.136. The van der Waals surface area contributed by atoms with Gasteiger partial charge in [-0.1, -0.05) is 66.2 Å². The SMILES string of the molecule is CSc1ccccc1CN1CCN(C(=O)C(N)C2CCN(CCc3cc(Cl)ccc3-c3ccccc3)CC2)CC1. The minimum atomic E-state index is -0.400. The molecule has 5 nitrogen and oxygen atoms in total. The highest BCUT2D eigenvalue weighted by atomic mass is 35.5. The van der Waals surface area contributed by atoms with E-state index in [-0.39, 0.29) is 11.8 Å². The predicted molar refractivity (Wildman–Crippen MR) is 168 cm³/mol. The van der Waals surface area contributed by atoms with Gasteiger partial charge in [0.2, 0.25) is 5.91 Å². The summed E-state index contributed by atoms with van der Waals surface area (Å²) in [5.74, 6) is 0.385. The average Bonchev–Trinajstić information content (AvgIpc) is 3.01. The largest absolute Gasteiger partial charge is 0.339 e. The molecule has 40 heavy (non-hydrogen) atoms. The van der Waals surface area contributed by atoms with Crippen molar-refractivity contribution < 1.29 is 4.79 Å². The first-order valence-electron chi connectivity index (χ1n) is 14.5. The van der Waals surface area contributed by atoms with E-state index in [1.807, 2.05) is 17.0 Å². The Labute approximate surface area is 248 Å². The number of benzene rings is 3. The Balaban J connectivity index is 1.08. The van der Waals surface area contributed by atoms with Gasteiger partial charge < -0.3 is 15.5 Å². The highest BCUT2D eigenvalue weighted by molar-refractivity contribution is 7.98. The molecule has 0 saturated carbocycles. The quantitative estimate of drug-likeness (QED) is 0.333. The molecular formula is C33H41ClN4OS. The number of nitrogens with zero attached hydrogens (tertiary/aromatic N) is 3. The smallest absolute Gasteiger partial charge is 0.239 e. The average molecular weight is 577 g/mol. The van der Waals surface area contributed by atoms with Crippen LogP contribution in [0.5, 0.6) is 0 Å². The topological polar surface area (TPSA) is 52.8 Å². The molecule has 212 valence electrons. The van der Waals surface area contributed by atoms with Crippen LogP contribution < -0.4 is 5.73 Å². The highest BCUT2D eigenvalue weighted by Crippen LogP contribution is 2.28. The lowest BCUT2D eigenvalue weighted by Gasteiger charge is -2.39. The van der Waals surface area contributed by atoms with E-state index in [9.17, 15) is 4.79 Å². The van der Waals surface area contributed by atoms with Crippen LogP contribution in [0.25, 0.3) is 11.1 Å². The fraction of sp³-hybridized carbons (Fsp3) is 0.424. The summed E-state index contributed by atoms with van der Waals surface area (Å²) in [7, 11) is 0. The van der Waals surface area contributed by atoms with Crippen molar-refractivity contribution in [2.45, 2.75) is 36.7 Å². The van der Waals surface area contributed by atoms with Crippen LogP contribution >= 0.6 is 23.4 Å². The monoisotopic (exact) mass is 576 g/mol. The van der Waals surface area contributed by atoms with Crippen molar-refractivity contribution in [1.29, 1.82) is 0 Å². The van der Waals surface area contributed by atoms with Crippen LogP contribution in [-0.4, -0.2) is 78.7 Å². The van der Waals surface area contributed by atoms with Crippen molar-refractivity contribution in [2.24, 2.45) is 11.7 Å². The molecule has 1 amide bonds. The van der Waals surface area contributed by atoms with Crippen LogP contribution in [0.3, 0.4) is 0 Å². The van der Waals surface area contributed by atoms with Gasteiger partial charge in [-0.15, -0.1) is 11.8 Å². The molecule has 1 atom stereocenters. The van der Waals surface area contributed by atoms with Crippen molar-refractivity contribution in [3.05, 3.63) is 88.9 Å². The Hall–Kier alpha value is -2.35. The zero-order chi connectivity index (χ0) is 27.9. The Morgan fingerprint density at radius 2 is 1.60 bits per heavy atom. The molecule has 0 radical (unpaired) electrons. The highest BCUT2D eigenvalue weighted by Gasteiger charge is 2.32. The second kappa shape index (κ2) is 14.0. The molecule has 1 unspecified atom stereocenters. The van der Waals surface area contributed by atoms with Crippen molar-refractivity contribution in [2.75, 3.05) is 52.1 Å². The second-order valence-corrected chi connectivity index (χ2v) is 12.3. The van der Waals surface area contributed by atoms with Crippen molar-refractivity contribution >= 4 is 29.3 Å². The molecular weight excluding hydrogens is 536 g/mol. The number of amides is 1. The van der Waals surface area contributed by atoms with Crippen molar-refractivity contribution in [1.82, 2.24) is 14.7 Å². The predicted octanol–water partition coefficient (Wildman–Crippen LogP) is 5.66. The van der Waals surface area contributed by atoms with Gasteiger partial charge in [0.05, 0.1) is 6.04 Å². The van der Waals surface area contributed by atoms with E-state index in [0.717, 1.165) is 76.6 Å². The summed E-state index contributed by atoms with van der Waals surface area (Å²) in [6.45, 7) is 7.20. The van der Waals surface area contributed by atoms with Crippen LogP contribution in [0.2, 0.25) is 5.02 Å². The van der Waals surface area contributed by atoms with E-state index in [4.69, 9.17) is 17.3 Å². The van der Waals surface area contributed by atoms with Crippen LogP contribution in [-0.2, 0) is 17.8 Å². The van der Waals surface area contributed by atoms with E-state index >= 15 is 0 Å². The third kappa shape index (κ3) is 7.29. The molecule has 0 aliphatic carbocycles. The number of rotatable bonds is 9. The number of halogens is 1. The number of thioether (sulfide) groups is 1. The molecule has 2 aliphatic heterocycles. The number of likely N-dealkylation sites (tertiary alicyclic amines) is 1. The number of piperazine rings is 1. The van der Waals surface area contributed by atoms with Crippen LogP contribution in [0.4, 0.5) is 0 Å². The van der Waals surface area contributed by atoms with Gasteiger partial charge in [-0.2, -0.15) is 0 Å². The third-order valence-electron chi connectivity index (χ3n) is 8.55. The Kier molecular flexibility index (Phi) is 10.2. The van der Waals surface area contributed by atoms with Gasteiger partial charge >= 0.3 is 0 Å². The number of hydrogen-bond donors (Lipinski definition) is 1. The summed E-state index contributed by atoms with van der Waals surface area (Å²) in [6.07, 6.45) is 5.02. The maximum absolute atomic E-state index is 13.3. The molecule has 0 aromatic heterocycles. The Bertz CT molecular complexity index is 1260. The van der Waals surface area contributed by atoms with Gasteiger partial charge in [0, 0.05) is 49.2 Å². The summed E-state index contributed by atoms with van der Waals surface area (Å²) in [6, 6.07) is 24.9. The van der Waals surface area contributed by atoms with Crippen LogP contribution in [0.1, 0.15) is 24.0 Å². The lowest BCUT2D eigenvalue weighted by Crippen LogP contribution is -2.55.